The van der Waals surface area contributed by atoms with E-state index < -0.39 is 11.7 Å². The van der Waals surface area contributed by atoms with Crippen molar-refractivity contribution in [1.82, 2.24) is 19.8 Å². The monoisotopic (exact) mass is 430 g/mol. The third kappa shape index (κ3) is 3.79. The van der Waals surface area contributed by atoms with E-state index in [2.05, 4.69) is 22.1 Å². The largest absolute Gasteiger partial charge is 0.416 e. The second-order valence-corrected chi connectivity index (χ2v) is 7.56. The molecule has 1 N–H and O–H groups in total. The van der Waals surface area contributed by atoms with Crippen LogP contribution in [0.1, 0.15) is 42.4 Å². The Hall–Kier alpha value is -2.87. The fraction of sp³-hybridized carbons (Fsp3) is 0.273. The lowest BCUT2D eigenvalue weighted by molar-refractivity contribution is -0.137. The first-order valence-corrected chi connectivity index (χ1v) is 10.1. The molecular formula is C22H21F3N4S. The van der Waals surface area contributed by atoms with Gasteiger partial charge in [-0.05, 0) is 61.1 Å². The fourth-order valence-corrected chi connectivity index (χ4v) is 4.24. The topological polar surface area (TPSA) is 33.1 Å². The fourth-order valence-electron chi connectivity index (χ4n) is 3.91. The van der Waals surface area contributed by atoms with Crippen molar-refractivity contribution in [1.29, 1.82) is 0 Å². The van der Waals surface area contributed by atoms with Crippen LogP contribution < -0.4 is 5.32 Å². The van der Waals surface area contributed by atoms with E-state index in [1.54, 1.807) is 23.0 Å². The molecule has 0 radical (unpaired) electrons. The van der Waals surface area contributed by atoms with Gasteiger partial charge in [0.2, 0.25) is 0 Å². The first-order chi connectivity index (χ1) is 14.4. The van der Waals surface area contributed by atoms with Crippen LogP contribution in [0.3, 0.4) is 0 Å². The number of halogens is 3. The Balaban J connectivity index is 1.80. The van der Waals surface area contributed by atoms with Crippen molar-refractivity contribution >= 4 is 17.3 Å². The van der Waals surface area contributed by atoms with Crippen LogP contribution in [0.4, 0.5) is 13.2 Å². The summed E-state index contributed by atoms with van der Waals surface area (Å²) >= 11 is 5.59. The molecule has 0 bridgehead atoms. The third-order valence-electron chi connectivity index (χ3n) is 5.20. The third-order valence-corrected chi connectivity index (χ3v) is 5.55. The van der Waals surface area contributed by atoms with Gasteiger partial charge < -0.3 is 14.8 Å². The van der Waals surface area contributed by atoms with E-state index in [9.17, 15) is 13.2 Å². The maximum absolute atomic E-state index is 13.3. The molecule has 3 aromatic rings. The average molecular weight is 430 g/mol. The number of hydrogen-bond acceptors (Lipinski definition) is 2. The maximum atomic E-state index is 13.3. The Morgan fingerprint density at radius 1 is 1.10 bits per heavy atom. The van der Waals surface area contributed by atoms with Crippen LogP contribution in [-0.2, 0) is 6.18 Å². The predicted octanol–water partition coefficient (Wildman–Crippen LogP) is 5.27. The molecule has 3 heterocycles. The van der Waals surface area contributed by atoms with Gasteiger partial charge in [0, 0.05) is 30.3 Å². The summed E-state index contributed by atoms with van der Waals surface area (Å²) in [5.74, 6) is 0. The normalized spacial score (nSPS) is 19.2. The van der Waals surface area contributed by atoms with Crippen molar-refractivity contribution in [2.24, 2.45) is 0 Å². The first kappa shape index (κ1) is 20.4. The minimum Gasteiger partial charge on any atom is -0.352 e. The van der Waals surface area contributed by atoms with Gasteiger partial charge in [0.1, 0.15) is 0 Å². The lowest BCUT2D eigenvalue weighted by Crippen LogP contribution is -2.31. The van der Waals surface area contributed by atoms with Gasteiger partial charge in [0.25, 0.3) is 0 Å². The zero-order valence-electron chi connectivity index (χ0n) is 16.3. The Labute approximate surface area is 178 Å². The molecule has 156 valence electrons. The summed E-state index contributed by atoms with van der Waals surface area (Å²) in [5, 5.41) is 3.98. The number of alkyl halides is 3. The van der Waals surface area contributed by atoms with E-state index in [0.29, 0.717) is 10.8 Å². The van der Waals surface area contributed by atoms with E-state index in [1.165, 1.54) is 12.1 Å². The van der Waals surface area contributed by atoms with Crippen molar-refractivity contribution in [2.75, 3.05) is 6.54 Å². The molecule has 0 amide bonds. The number of thiocarbonyl (C=S) groups is 1. The lowest BCUT2D eigenvalue weighted by atomic mass is 10.0. The van der Waals surface area contributed by atoms with Gasteiger partial charge in [-0.3, -0.25) is 4.98 Å². The van der Waals surface area contributed by atoms with Crippen LogP contribution in [0.25, 0.3) is 5.69 Å². The smallest absolute Gasteiger partial charge is 0.352 e. The number of aromatic nitrogens is 2. The minimum absolute atomic E-state index is 0.197. The zero-order valence-corrected chi connectivity index (χ0v) is 17.1. The highest BCUT2D eigenvalue weighted by Crippen LogP contribution is 2.40. The summed E-state index contributed by atoms with van der Waals surface area (Å²) < 4.78 is 41.6. The molecule has 4 rings (SSSR count). The summed E-state index contributed by atoms with van der Waals surface area (Å²) in [7, 11) is 0. The molecule has 1 aliphatic rings. The summed E-state index contributed by atoms with van der Waals surface area (Å²) in [6.45, 7) is 2.80. The van der Waals surface area contributed by atoms with E-state index >= 15 is 0 Å². The van der Waals surface area contributed by atoms with Gasteiger partial charge in [-0.2, -0.15) is 13.2 Å². The van der Waals surface area contributed by atoms with Crippen molar-refractivity contribution in [3.63, 3.8) is 0 Å². The van der Waals surface area contributed by atoms with Gasteiger partial charge >= 0.3 is 6.18 Å². The molecule has 0 aliphatic carbocycles. The van der Waals surface area contributed by atoms with Gasteiger partial charge in [0.05, 0.1) is 23.3 Å². The van der Waals surface area contributed by atoms with E-state index in [4.69, 9.17) is 12.2 Å². The number of nitrogens with one attached hydrogen (secondary N) is 1. The Kier molecular flexibility index (Phi) is 5.51. The average Bonchev–Trinajstić information content (AvgIpc) is 3.33. The standard InChI is InChI=1S/C22H21F3N4S/c1-2-12-29-20(19(27-21(29)30)17-9-3-4-11-26-17)18-10-6-13-28(18)16-8-5-7-15(14-16)22(23,24)25/h3-11,13-14,19-20H,2,12H2,1H3,(H,27,30)/t19-,20+/m1/s1. The van der Waals surface area contributed by atoms with Crippen LogP contribution in [0.2, 0.25) is 0 Å². The molecule has 4 nitrogen and oxygen atoms in total. The first-order valence-electron chi connectivity index (χ1n) is 9.73. The van der Waals surface area contributed by atoms with Crippen molar-refractivity contribution < 1.29 is 13.2 Å². The Bertz CT molecular complexity index is 1030. The molecular weight excluding hydrogens is 409 g/mol. The Morgan fingerprint density at radius 2 is 1.93 bits per heavy atom. The highest BCUT2D eigenvalue weighted by molar-refractivity contribution is 7.80. The van der Waals surface area contributed by atoms with Gasteiger partial charge in [-0.15, -0.1) is 0 Å². The van der Waals surface area contributed by atoms with E-state index in [0.717, 1.165) is 30.4 Å². The molecule has 0 unspecified atom stereocenters. The Morgan fingerprint density at radius 3 is 2.63 bits per heavy atom. The highest BCUT2D eigenvalue weighted by Gasteiger charge is 2.41. The molecule has 1 saturated heterocycles. The van der Waals surface area contributed by atoms with Crippen molar-refractivity contribution in [2.45, 2.75) is 31.6 Å². The predicted molar refractivity (Wildman–Crippen MR) is 113 cm³/mol. The summed E-state index contributed by atoms with van der Waals surface area (Å²) in [6.07, 6.45) is -0.000674. The summed E-state index contributed by atoms with van der Waals surface area (Å²) in [5.41, 5.74) is 1.47. The van der Waals surface area contributed by atoms with E-state index in [1.807, 2.05) is 30.3 Å². The quantitative estimate of drug-likeness (QED) is 0.559. The van der Waals surface area contributed by atoms with Crippen LogP contribution in [-0.4, -0.2) is 26.1 Å². The molecule has 2 aromatic heterocycles. The second-order valence-electron chi connectivity index (χ2n) is 7.17. The zero-order chi connectivity index (χ0) is 21.3. The highest BCUT2D eigenvalue weighted by atomic mass is 32.1. The van der Waals surface area contributed by atoms with Crippen LogP contribution >= 0.6 is 12.2 Å². The number of hydrogen-bond donors (Lipinski definition) is 1. The molecule has 1 aliphatic heterocycles. The number of pyridine rings is 1. The molecule has 2 atom stereocenters. The van der Waals surface area contributed by atoms with Gasteiger partial charge in [-0.25, -0.2) is 0 Å². The minimum atomic E-state index is -4.40. The maximum Gasteiger partial charge on any atom is 0.416 e. The molecule has 0 saturated carbocycles. The van der Waals surface area contributed by atoms with E-state index in [-0.39, 0.29) is 12.1 Å². The van der Waals surface area contributed by atoms with Gasteiger partial charge in [0.15, 0.2) is 5.11 Å². The summed E-state index contributed by atoms with van der Waals surface area (Å²) in [4.78, 5) is 6.58. The molecule has 0 spiro atoms. The molecule has 1 aromatic carbocycles. The molecule has 1 fully saturated rings. The SMILES string of the molecule is CCCN1C(=S)N[C@H](c2ccccn2)[C@@H]1c1cccn1-c1cccc(C(F)(F)F)c1. The van der Waals surface area contributed by atoms with Crippen molar-refractivity contribution in [3.8, 4) is 5.69 Å². The number of nitrogens with zero attached hydrogens (tertiary/aromatic N) is 3. The van der Waals surface area contributed by atoms with Crippen LogP contribution in [0, 0.1) is 0 Å². The van der Waals surface area contributed by atoms with Crippen molar-refractivity contribution in [3.05, 3.63) is 83.9 Å². The number of rotatable bonds is 5. The van der Waals surface area contributed by atoms with Crippen LogP contribution in [0.5, 0.6) is 0 Å². The van der Waals surface area contributed by atoms with Gasteiger partial charge in [-0.1, -0.05) is 19.1 Å². The lowest BCUT2D eigenvalue weighted by Gasteiger charge is -2.28. The molecule has 30 heavy (non-hydrogen) atoms. The summed E-state index contributed by atoms with van der Waals surface area (Å²) in [6, 6.07) is 14.4. The molecule has 8 heteroatoms. The number of benzene rings is 1. The second kappa shape index (κ2) is 8.10. The van der Waals surface area contributed by atoms with Crippen LogP contribution in [0.15, 0.2) is 67.0 Å².